The maximum absolute atomic E-state index is 11.5. The third-order valence-corrected chi connectivity index (χ3v) is 4.33. The van der Waals surface area contributed by atoms with Crippen LogP contribution in [0.2, 0.25) is 0 Å². The summed E-state index contributed by atoms with van der Waals surface area (Å²) >= 11 is 5.64. The van der Waals surface area contributed by atoms with Gasteiger partial charge in [0.15, 0.2) is 0 Å². The quantitative estimate of drug-likeness (QED) is 0.779. The first-order valence-electron chi connectivity index (χ1n) is 4.51. The zero-order chi connectivity index (χ0) is 11.4. The van der Waals surface area contributed by atoms with E-state index >= 15 is 0 Å². The molecule has 1 N–H and O–H groups in total. The highest BCUT2D eigenvalue weighted by atomic mass is 127. The molecule has 0 spiro atoms. The molecule has 0 saturated heterocycles. The molecule has 1 aromatic carbocycles. The Morgan fingerprint density at radius 3 is 2.80 bits per heavy atom. The van der Waals surface area contributed by atoms with Gasteiger partial charge < -0.3 is 10.2 Å². The SMILES string of the molecule is CCN(C)C(=O)Nc1ccc(I)c(Br)c1. The molecule has 0 unspecified atom stereocenters. The van der Waals surface area contributed by atoms with E-state index in [1.54, 1.807) is 11.9 Å². The number of carbonyl (C=O) groups is 1. The van der Waals surface area contributed by atoms with Crippen LogP contribution >= 0.6 is 38.5 Å². The monoisotopic (exact) mass is 382 g/mol. The summed E-state index contributed by atoms with van der Waals surface area (Å²) in [5, 5.41) is 2.81. The van der Waals surface area contributed by atoms with Crippen molar-refractivity contribution in [3.05, 3.63) is 26.2 Å². The Kier molecular flexibility index (Phi) is 4.85. The normalized spacial score (nSPS) is 9.87. The molecule has 0 aliphatic rings. The molecule has 3 nitrogen and oxygen atoms in total. The number of benzene rings is 1. The van der Waals surface area contributed by atoms with Crippen LogP contribution in [0.5, 0.6) is 0 Å². The maximum Gasteiger partial charge on any atom is 0.321 e. The average molecular weight is 383 g/mol. The molecule has 1 aromatic rings. The molecule has 15 heavy (non-hydrogen) atoms. The van der Waals surface area contributed by atoms with Crippen molar-refractivity contribution in [2.75, 3.05) is 18.9 Å². The fourth-order valence-corrected chi connectivity index (χ4v) is 1.65. The summed E-state index contributed by atoms with van der Waals surface area (Å²) in [4.78, 5) is 13.2. The molecule has 2 amide bonds. The number of amides is 2. The number of rotatable bonds is 2. The molecule has 1 rings (SSSR count). The van der Waals surface area contributed by atoms with Crippen LogP contribution in [0.1, 0.15) is 6.92 Å². The van der Waals surface area contributed by atoms with Gasteiger partial charge in [-0.25, -0.2) is 4.79 Å². The molecule has 0 bridgehead atoms. The van der Waals surface area contributed by atoms with Crippen LogP contribution in [0.15, 0.2) is 22.7 Å². The van der Waals surface area contributed by atoms with Crippen LogP contribution in [-0.2, 0) is 0 Å². The molecular weight excluding hydrogens is 371 g/mol. The Morgan fingerprint density at radius 2 is 2.27 bits per heavy atom. The lowest BCUT2D eigenvalue weighted by molar-refractivity contribution is 0.224. The minimum absolute atomic E-state index is 0.0920. The van der Waals surface area contributed by atoms with Crippen molar-refractivity contribution in [1.82, 2.24) is 4.90 Å². The van der Waals surface area contributed by atoms with Crippen molar-refractivity contribution in [1.29, 1.82) is 0 Å². The summed E-state index contributed by atoms with van der Waals surface area (Å²) in [5.41, 5.74) is 0.799. The number of nitrogens with one attached hydrogen (secondary N) is 1. The molecule has 0 atom stereocenters. The number of nitrogens with zero attached hydrogens (tertiary/aromatic N) is 1. The number of hydrogen-bond acceptors (Lipinski definition) is 1. The summed E-state index contributed by atoms with van der Waals surface area (Å²) in [7, 11) is 1.76. The molecule has 5 heteroatoms. The minimum atomic E-state index is -0.0920. The van der Waals surface area contributed by atoms with E-state index in [9.17, 15) is 4.79 Å². The van der Waals surface area contributed by atoms with Gasteiger partial charge in [-0.15, -0.1) is 0 Å². The predicted octanol–water partition coefficient (Wildman–Crippen LogP) is 3.54. The van der Waals surface area contributed by atoms with Crippen LogP contribution in [0.4, 0.5) is 10.5 Å². The van der Waals surface area contributed by atoms with Gasteiger partial charge in [0, 0.05) is 27.3 Å². The predicted molar refractivity (Wildman–Crippen MR) is 74.2 cm³/mol. The number of urea groups is 1. The van der Waals surface area contributed by atoms with Crippen LogP contribution in [0.25, 0.3) is 0 Å². The Labute approximate surface area is 111 Å². The Morgan fingerprint density at radius 1 is 1.60 bits per heavy atom. The van der Waals surface area contributed by atoms with E-state index < -0.39 is 0 Å². The first-order chi connectivity index (χ1) is 7.04. The third kappa shape index (κ3) is 3.64. The van der Waals surface area contributed by atoms with Gasteiger partial charge in [0.1, 0.15) is 0 Å². The molecule has 82 valence electrons. The number of carbonyl (C=O) groups excluding carboxylic acids is 1. The lowest BCUT2D eigenvalue weighted by Crippen LogP contribution is -2.30. The highest BCUT2D eigenvalue weighted by Gasteiger charge is 2.06. The van der Waals surface area contributed by atoms with Crippen LogP contribution in [0, 0.1) is 3.57 Å². The molecule has 0 saturated carbocycles. The number of halogens is 2. The fraction of sp³-hybridized carbons (Fsp3) is 0.300. The molecule has 0 aliphatic carbocycles. The second kappa shape index (κ2) is 5.69. The van der Waals surface area contributed by atoms with E-state index in [0.717, 1.165) is 13.7 Å². The lowest BCUT2D eigenvalue weighted by Gasteiger charge is -2.15. The van der Waals surface area contributed by atoms with E-state index in [2.05, 4.69) is 43.8 Å². The smallest absolute Gasteiger partial charge is 0.321 e. The van der Waals surface area contributed by atoms with Gasteiger partial charge in [-0.2, -0.15) is 0 Å². The Hall–Kier alpha value is -0.300. The molecular formula is C10H12BrIN2O. The number of anilines is 1. The topological polar surface area (TPSA) is 32.3 Å². The van der Waals surface area contributed by atoms with Gasteiger partial charge in [-0.3, -0.25) is 0 Å². The van der Waals surface area contributed by atoms with Gasteiger partial charge in [-0.05, 0) is 63.6 Å². The van der Waals surface area contributed by atoms with Gasteiger partial charge in [0.2, 0.25) is 0 Å². The Balaban J connectivity index is 2.73. The summed E-state index contributed by atoms with van der Waals surface area (Å²) in [5.74, 6) is 0. The summed E-state index contributed by atoms with van der Waals surface area (Å²) in [6.07, 6.45) is 0. The second-order valence-corrected chi connectivity index (χ2v) is 5.09. The zero-order valence-electron chi connectivity index (χ0n) is 8.55. The maximum atomic E-state index is 11.5. The van der Waals surface area contributed by atoms with E-state index in [-0.39, 0.29) is 6.03 Å². The van der Waals surface area contributed by atoms with Crippen molar-refractivity contribution in [3.8, 4) is 0 Å². The van der Waals surface area contributed by atoms with Crippen LogP contribution in [-0.4, -0.2) is 24.5 Å². The molecule has 0 heterocycles. The fourth-order valence-electron chi connectivity index (χ4n) is 0.936. The summed E-state index contributed by atoms with van der Waals surface area (Å²) < 4.78 is 2.11. The van der Waals surface area contributed by atoms with Gasteiger partial charge in [-0.1, -0.05) is 0 Å². The average Bonchev–Trinajstić information content (AvgIpc) is 2.22. The zero-order valence-corrected chi connectivity index (χ0v) is 12.3. The summed E-state index contributed by atoms with van der Waals surface area (Å²) in [6, 6.07) is 5.63. The van der Waals surface area contributed by atoms with Crippen molar-refractivity contribution < 1.29 is 4.79 Å². The largest absolute Gasteiger partial charge is 0.328 e. The number of hydrogen-bond donors (Lipinski definition) is 1. The first kappa shape index (κ1) is 12.8. The van der Waals surface area contributed by atoms with Crippen molar-refractivity contribution in [2.45, 2.75) is 6.92 Å². The van der Waals surface area contributed by atoms with Crippen molar-refractivity contribution >= 4 is 50.2 Å². The van der Waals surface area contributed by atoms with E-state index in [1.807, 2.05) is 25.1 Å². The molecule has 0 fully saturated rings. The first-order valence-corrected chi connectivity index (χ1v) is 6.39. The standard InChI is InChI=1S/C10H12BrIN2O/c1-3-14(2)10(15)13-7-4-5-9(12)8(11)6-7/h4-6H,3H2,1-2H3,(H,13,15). The Bertz CT molecular complexity index is 370. The van der Waals surface area contributed by atoms with Crippen molar-refractivity contribution in [2.24, 2.45) is 0 Å². The van der Waals surface area contributed by atoms with Crippen molar-refractivity contribution in [3.63, 3.8) is 0 Å². The lowest BCUT2D eigenvalue weighted by atomic mass is 10.3. The van der Waals surface area contributed by atoms with Gasteiger partial charge in [0.25, 0.3) is 0 Å². The highest BCUT2D eigenvalue weighted by molar-refractivity contribution is 14.1. The van der Waals surface area contributed by atoms with E-state index in [0.29, 0.717) is 6.54 Å². The van der Waals surface area contributed by atoms with E-state index in [1.165, 1.54) is 0 Å². The molecule has 0 aliphatic heterocycles. The van der Waals surface area contributed by atoms with E-state index in [4.69, 9.17) is 0 Å². The molecule has 0 radical (unpaired) electrons. The summed E-state index contributed by atoms with van der Waals surface area (Å²) in [6.45, 7) is 2.63. The highest BCUT2D eigenvalue weighted by Crippen LogP contribution is 2.22. The molecule has 0 aromatic heterocycles. The minimum Gasteiger partial charge on any atom is -0.328 e. The third-order valence-electron chi connectivity index (χ3n) is 1.99. The van der Waals surface area contributed by atoms with Crippen LogP contribution < -0.4 is 5.32 Å². The van der Waals surface area contributed by atoms with Gasteiger partial charge >= 0.3 is 6.03 Å². The second-order valence-electron chi connectivity index (χ2n) is 3.07. The van der Waals surface area contributed by atoms with Gasteiger partial charge in [0.05, 0.1) is 0 Å². The van der Waals surface area contributed by atoms with Crippen LogP contribution in [0.3, 0.4) is 0 Å².